The molecule has 0 radical (unpaired) electrons. The van der Waals surface area contributed by atoms with Gasteiger partial charge in [-0.25, -0.2) is 9.97 Å². The Labute approximate surface area is 97.7 Å². The summed E-state index contributed by atoms with van der Waals surface area (Å²) in [5.74, 6) is 3.70. The van der Waals surface area contributed by atoms with E-state index < -0.39 is 0 Å². The van der Waals surface area contributed by atoms with Gasteiger partial charge in [-0.3, -0.25) is 0 Å². The molecular weight excluding hydrogens is 198 g/mol. The highest BCUT2D eigenvalue weighted by atomic mass is 15.1. The molecule has 0 aliphatic heterocycles. The minimum Gasteiger partial charge on any atom is -0.351 e. The van der Waals surface area contributed by atoms with Gasteiger partial charge in [0, 0.05) is 23.9 Å². The van der Waals surface area contributed by atoms with Crippen LogP contribution in [0.2, 0.25) is 0 Å². The summed E-state index contributed by atoms with van der Waals surface area (Å²) in [7, 11) is 0. The van der Waals surface area contributed by atoms with Crippen LogP contribution in [-0.4, -0.2) is 16.0 Å². The molecule has 1 rings (SSSR count). The highest BCUT2D eigenvalue weighted by molar-refractivity contribution is 5.30. The fraction of sp³-hybridized carbons (Fsp3) is 0.538. The number of rotatable bonds is 4. The van der Waals surface area contributed by atoms with Gasteiger partial charge in [0.2, 0.25) is 5.95 Å². The molecule has 3 heteroatoms. The summed E-state index contributed by atoms with van der Waals surface area (Å²) in [5.41, 5.74) is 2.04. The number of aromatic nitrogens is 2. The zero-order valence-electron chi connectivity index (χ0n) is 10.4. The molecule has 16 heavy (non-hydrogen) atoms. The standard InChI is InChI=1S/C13H19N3/c1-6-7-10(4)14-13-15-11(5)8-12(16-13)9(2)3/h1,8-10H,7H2,2-5H3,(H,14,15,16). The maximum atomic E-state index is 5.26. The minimum atomic E-state index is 0.201. The molecule has 1 atom stereocenters. The van der Waals surface area contributed by atoms with Gasteiger partial charge >= 0.3 is 0 Å². The van der Waals surface area contributed by atoms with Gasteiger partial charge < -0.3 is 5.32 Å². The largest absolute Gasteiger partial charge is 0.351 e. The third-order valence-electron chi connectivity index (χ3n) is 2.27. The molecule has 0 aliphatic carbocycles. The van der Waals surface area contributed by atoms with E-state index in [-0.39, 0.29) is 6.04 Å². The van der Waals surface area contributed by atoms with Gasteiger partial charge in [0.25, 0.3) is 0 Å². The number of aryl methyl sites for hydroxylation is 1. The first-order valence-corrected chi connectivity index (χ1v) is 5.58. The van der Waals surface area contributed by atoms with Crippen LogP contribution in [0.1, 0.15) is 44.5 Å². The van der Waals surface area contributed by atoms with Gasteiger partial charge in [0.15, 0.2) is 0 Å². The van der Waals surface area contributed by atoms with Crippen LogP contribution in [-0.2, 0) is 0 Å². The Morgan fingerprint density at radius 3 is 2.62 bits per heavy atom. The summed E-state index contributed by atoms with van der Waals surface area (Å²) in [5, 5.41) is 3.21. The van der Waals surface area contributed by atoms with Gasteiger partial charge in [-0.1, -0.05) is 13.8 Å². The van der Waals surface area contributed by atoms with Crippen LogP contribution in [0.5, 0.6) is 0 Å². The fourth-order valence-corrected chi connectivity index (χ4v) is 1.40. The topological polar surface area (TPSA) is 37.8 Å². The molecule has 3 nitrogen and oxygen atoms in total. The van der Waals surface area contributed by atoms with Crippen molar-refractivity contribution in [2.75, 3.05) is 5.32 Å². The third-order valence-corrected chi connectivity index (χ3v) is 2.27. The van der Waals surface area contributed by atoms with Crippen molar-refractivity contribution in [1.29, 1.82) is 0 Å². The number of nitrogens with zero attached hydrogens (tertiary/aromatic N) is 2. The molecule has 1 N–H and O–H groups in total. The summed E-state index contributed by atoms with van der Waals surface area (Å²) in [6.45, 7) is 8.25. The molecule has 0 aliphatic rings. The Morgan fingerprint density at radius 1 is 1.38 bits per heavy atom. The maximum absolute atomic E-state index is 5.26. The zero-order chi connectivity index (χ0) is 12.1. The molecule has 0 saturated carbocycles. The van der Waals surface area contributed by atoms with Crippen LogP contribution >= 0.6 is 0 Å². The Hall–Kier alpha value is -1.56. The predicted molar refractivity (Wildman–Crippen MR) is 67.4 cm³/mol. The number of nitrogens with one attached hydrogen (secondary N) is 1. The van der Waals surface area contributed by atoms with E-state index in [1.807, 2.05) is 19.9 Å². The maximum Gasteiger partial charge on any atom is 0.223 e. The average Bonchev–Trinajstić information content (AvgIpc) is 2.16. The van der Waals surface area contributed by atoms with Crippen LogP contribution in [0, 0.1) is 19.3 Å². The predicted octanol–water partition coefficient (Wildman–Crippen LogP) is 2.73. The summed E-state index contributed by atoms with van der Waals surface area (Å²) >= 11 is 0. The molecule has 1 unspecified atom stereocenters. The summed E-state index contributed by atoms with van der Waals surface area (Å²) in [4.78, 5) is 8.81. The van der Waals surface area contributed by atoms with Crippen molar-refractivity contribution < 1.29 is 0 Å². The first-order valence-electron chi connectivity index (χ1n) is 5.58. The van der Waals surface area contributed by atoms with Gasteiger partial charge in [-0.05, 0) is 25.8 Å². The Kier molecular flexibility index (Phi) is 4.30. The van der Waals surface area contributed by atoms with E-state index in [2.05, 4.69) is 35.1 Å². The first kappa shape index (κ1) is 12.5. The normalized spacial score (nSPS) is 12.2. The van der Waals surface area contributed by atoms with E-state index in [1.54, 1.807) is 0 Å². The zero-order valence-corrected chi connectivity index (χ0v) is 10.4. The van der Waals surface area contributed by atoms with E-state index in [0.29, 0.717) is 18.3 Å². The Bertz CT molecular complexity index is 391. The van der Waals surface area contributed by atoms with Gasteiger partial charge in [0.05, 0.1) is 0 Å². The molecule has 0 amide bonds. The molecule has 0 fully saturated rings. The molecule has 0 bridgehead atoms. The second kappa shape index (κ2) is 5.50. The number of hydrogen-bond donors (Lipinski definition) is 1. The van der Waals surface area contributed by atoms with Crippen LogP contribution < -0.4 is 5.32 Å². The van der Waals surface area contributed by atoms with Crippen molar-refractivity contribution in [3.63, 3.8) is 0 Å². The average molecular weight is 217 g/mol. The van der Waals surface area contributed by atoms with E-state index in [9.17, 15) is 0 Å². The Morgan fingerprint density at radius 2 is 2.06 bits per heavy atom. The molecule has 1 aromatic rings. The molecule has 0 aromatic carbocycles. The number of anilines is 1. The Balaban J connectivity index is 2.85. The second-order valence-corrected chi connectivity index (χ2v) is 4.37. The molecule has 1 heterocycles. The van der Waals surface area contributed by atoms with Crippen LogP contribution in [0.3, 0.4) is 0 Å². The van der Waals surface area contributed by atoms with E-state index in [1.165, 1.54) is 0 Å². The van der Waals surface area contributed by atoms with Gasteiger partial charge in [0.1, 0.15) is 0 Å². The smallest absolute Gasteiger partial charge is 0.223 e. The lowest BCUT2D eigenvalue weighted by atomic mass is 10.1. The number of terminal acetylenes is 1. The van der Waals surface area contributed by atoms with Crippen LogP contribution in [0.15, 0.2) is 6.07 Å². The van der Waals surface area contributed by atoms with Crippen molar-refractivity contribution >= 4 is 5.95 Å². The van der Waals surface area contributed by atoms with Crippen molar-refractivity contribution in [2.24, 2.45) is 0 Å². The molecule has 0 spiro atoms. The molecule has 86 valence electrons. The van der Waals surface area contributed by atoms with Crippen molar-refractivity contribution in [3.05, 3.63) is 17.5 Å². The number of hydrogen-bond acceptors (Lipinski definition) is 3. The molecule has 0 saturated heterocycles. The SMILES string of the molecule is C#CCC(C)Nc1nc(C)cc(C(C)C)n1. The summed E-state index contributed by atoms with van der Waals surface area (Å²) < 4.78 is 0. The molecule has 1 aromatic heterocycles. The highest BCUT2D eigenvalue weighted by Crippen LogP contribution is 2.15. The highest BCUT2D eigenvalue weighted by Gasteiger charge is 2.07. The lowest BCUT2D eigenvalue weighted by Crippen LogP contribution is -2.17. The summed E-state index contributed by atoms with van der Waals surface area (Å²) in [6.07, 6.45) is 5.94. The first-order chi connectivity index (χ1) is 7.52. The van der Waals surface area contributed by atoms with E-state index in [4.69, 9.17) is 6.42 Å². The third kappa shape index (κ3) is 3.54. The lowest BCUT2D eigenvalue weighted by Gasteiger charge is -2.13. The van der Waals surface area contributed by atoms with Crippen molar-refractivity contribution in [2.45, 2.75) is 46.1 Å². The van der Waals surface area contributed by atoms with Gasteiger partial charge in [-0.2, -0.15) is 0 Å². The quantitative estimate of drug-likeness (QED) is 0.788. The molecular formula is C13H19N3. The fourth-order valence-electron chi connectivity index (χ4n) is 1.40. The van der Waals surface area contributed by atoms with E-state index in [0.717, 1.165) is 11.4 Å². The van der Waals surface area contributed by atoms with E-state index >= 15 is 0 Å². The van der Waals surface area contributed by atoms with Gasteiger partial charge in [-0.15, -0.1) is 12.3 Å². The van der Waals surface area contributed by atoms with Crippen LogP contribution in [0.25, 0.3) is 0 Å². The van der Waals surface area contributed by atoms with Crippen molar-refractivity contribution in [3.8, 4) is 12.3 Å². The minimum absolute atomic E-state index is 0.201. The van der Waals surface area contributed by atoms with Crippen LogP contribution in [0.4, 0.5) is 5.95 Å². The summed E-state index contributed by atoms with van der Waals surface area (Å²) in [6, 6.07) is 2.22. The monoisotopic (exact) mass is 217 g/mol. The lowest BCUT2D eigenvalue weighted by molar-refractivity contribution is 0.779. The second-order valence-electron chi connectivity index (χ2n) is 4.37. The van der Waals surface area contributed by atoms with Crippen molar-refractivity contribution in [1.82, 2.24) is 9.97 Å².